The third-order valence-electron chi connectivity index (χ3n) is 2.73. The van der Waals surface area contributed by atoms with Crippen molar-refractivity contribution >= 4 is 28.9 Å². The van der Waals surface area contributed by atoms with Crippen molar-refractivity contribution in [1.29, 1.82) is 0 Å². The van der Waals surface area contributed by atoms with E-state index < -0.39 is 0 Å². The molecule has 82 valence electrons. The molecular weight excluding hydrogens is 231 g/mol. The molecule has 1 saturated heterocycles. The predicted octanol–water partition coefficient (Wildman–Crippen LogP) is 2.92. The minimum atomic E-state index is 0.244. The highest BCUT2D eigenvalue weighted by atomic mass is 35.5. The van der Waals surface area contributed by atoms with Gasteiger partial charge in [-0.15, -0.1) is 0 Å². The summed E-state index contributed by atoms with van der Waals surface area (Å²) in [7, 11) is 0. The van der Waals surface area contributed by atoms with Crippen molar-refractivity contribution in [1.82, 2.24) is 0 Å². The van der Waals surface area contributed by atoms with Crippen LogP contribution in [0.5, 0.6) is 0 Å². The molecule has 1 fully saturated rings. The Morgan fingerprint density at radius 1 is 1.33 bits per heavy atom. The second kappa shape index (κ2) is 4.60. The molecule has 0 aromatic heterocycles. The van der Waals surface area contributed by atoms with Crippen LogP contribution in [0.3, 0.4) is 0 Å². The maximum atomic E-state index is 6.16. The SMILES string of the molecule is NC1CCCN(c2cccc(Cl)c2Cl)C1. The number of hydrogen-bond acceptors (Lipinski definition) is 2. The van der Waals surface area contributed by atoms with E-state index in [9.17, 15) is 0 Å². The second-order valence-electron chi connectivity index (χ2n) is 3.92. The third kappa shape index (κ3) is 2.39. The van der Waals surface area contributed by atoms with Gasteiger partial charge in [-0.2, -0.15) is 0 Å². The molecule has 1 atom stereocenters. The first-order chi connectivity index (χ1) is 7.18. The molecule has 2 rings (SSSR count). The average Bonchev–Trinajstić information content (AvgIpc) is 2.22. The zero-order valence-corrected chi connectivity index (χ0v) is 9.93. The van der Waals surface area contributed by atoms with Crippen molar-refractivity contribution in [2.45, 2.75) is 18.9 Å². The van der Waals surface area contributed by atoms with Crippen molar-refractivity contribution in [2.24, 2.45) is 5.73 Å². The molecular formula is C11H14Cl2N2. The first kappa shape index (κ1) is 11.1. The maximum absolute atomic E-state index is 6.16. The average molecular weight is 245 g/mol. The van der Waals surface area contributed by atoms with E-state index >= 15 is 0 Å². The predicted molar refractivity (Wildman–Crippen MR) is 65.9 cm³/mol. The van der Waals surface area contributed by atoms with E-state index in [0.717, 1.165) is 31.6 Å². The van der Waals surface area contributed by atoms with Crippen LogP contribution in [0.4, 0.5) is 5.69 Å². The summed E-state index contributed by atoms with van der Waals surface area (Å²) < 4.78 is 0. The Hall–Kier alpha value is -0.440. The smallest absolute Gasteiger partial charge is 0.0825 e. The van der Waals surface area contributed by atoms with E-state index in [1.165, 1.54) is 0 Å². The minimum Gasteiger partial charge on any atom is -0.369 e. The van der Waals surface area contributed by atoms with Gasteiger partial charge in [0.05, 0.1) is 15.7 Å². The highest BCUT2D eigenvalue weighted by Crippen LogP contribution is 2.33. The van der Waals surface area contributed by atoms with E-state index in [1.807, 2.05) is 12.1 Å². The van der Waals surface area contributed by atoms with Crippen molar-refractivity contribution in [3.05, 3.63) is 28.2 Å². The molecule has 0 radical (unpaired) electrons. The fraction of sp³-hybridized carbons (Fsp3) is 0.455. The first-order valence-electron chi connectivity index (χ1n) is 5.13. The Kier molecular flexibility index (Phi) is 3.39. The normalized spacial score (nSPS) is 21.8. The topological polar surface area (TPSA) is 29.3 Å². The number of anilines is 1. The number of hydrogen-bond donors (Lipinski definition) is 1. The molecule has 2 nitrogen and oxygen atoms in total. The van der Waals surface area contributed by atoms with E-state index in [4.69, 9.17) is 28.9 Å². The molecule has 1 aliphatic heterocycles. The number of benzene rings is 1. The van der Waals surface area contributed by atoms with E-state index in [1.54, 1.807) is 6.07 Å². The van der Waals surface area contributed by atoms with Crippen molar-refractivity contribution in [3.63, 3.8) is 0 Å². The molecule has 0 spiro atoms. The number of halogens is 2. The highest BCUT2D eigenvalue weighted by molar-refractivity contribution is 6.43. The van der Waals surface area contributed by atoms with Gasteiger partial charge in [0, 0.05) is 19.1 Å². The zero-order valence-electron chi connectivity index (χ0n) is 8.42. The number of rotatable bonds is 1. The molecule has 1 heterocycles. The van der Waals surface area contributed by atoms with Crippen LogP contribution >= 0.6 is 23.2 Å². The van der Waals surface area contributed by atoms with Gasteiger partial charge in [-0.1, -0.05) is 29.3 Å². The second-order valence-corrected chi connectivity index (χ2v) is 4.71. The summed E-state index contributed by atoms with van der Waals surface area (Å²) in [5.41, 5.74) is 6.93. The Morgan fingerprint density at radius 2 is 2.13 bits per heavy atom. The van der Waals surface area contributed by atoms with Crippen molar-refractivity contribution in [3.8, 4) is 0 Å². The Bertz CT molecular complexity index is 354. The Morgan fingerprint density at radius 3 is 2.87 bits per heavy atom. The maximum Gasteiger partial charge on any atom is 0.0825 e. The largest absolute Gasteiger partial charge is 0.369 e. The summed E-state index contributed by atoms with van der Waals surface area (Å²) in [5.74, 6) is 0. The van der Waals surface area contributed by atoms with Gasteiger partial charge in [-0.3, -0.25) is 0 Å². The van der Waals surface area contributed by atoms with Crippen LogP contribution in [0, 0.1) is 0 Å². The fourth-order valence-electron chi connectivity index (χ4n) is 1.97. The Balaban J connectivity index is 2.24. The summed E-state index contributed by atoms with van der Waals surface area (Å²) in [6.45, 7) is 1.87. The van der Waals surface area contributed by atoms with Gasteiger partial charge in [0.1, 0.15) is 0 Å². The molecule has 0 saturated carbocycles. The molecule has 1 unspecified atom stereocenters. The van der Waals surface area contributed by atoms with Gasteiger partial charge < -0.3 is 10.6 Å². The summed E-state index contributed by atoms with van der Waals surface area (Å²) >= 11 is 12.1. The standard InChI is InChI=1S/C11H14Cl2N2/c12-9-4-1-5-10(11(9)13)15-6-2-3-8(14)7-15/h1,4-5,8H,2-3,6-7,14H2. The summed E-state index contributed by atoms with van der Waals surface area (Å²) in [4.78, 5) is 2.21. The van der Waals surface area contributed by atoms with Gasteiger partial charge in [-0.05, 0) is 25.0 Å². The lowest BCUT2D eigenvalue weighted by atomic mass is 10.1. The molecule has 15 heavy (non-hydrogen) atoms. The molecule has 0 amide bonds. The van der Waals surface area contributed by atoms with E-state index in [0.29, 0.717) is 10.0 Å². The van der Waals surface area contributed by atoms with E-state index in [2.05, 4.69) is 4.90 Å². The molecule has 4 heteroatoms. The number of nitrogens with zero attached hydrogens (tertiary/aromatic N) is 1. The highest BCUT2D eigenvalue weighted by Gasteiger charge is 2.19. The molecule has 0 bridgehead atoms. The lowest BCUT2D eigenvalue weighted by molar-refractivity contribution is 0.506. The van der Waals surface area contributed by atoms with Gasteiger partial charge in [0.15, 0.2) is 0 Å². The summed E-state index contributed by atoms with van der Waals surface area (Å²) in [6.07, 6.45) is 2.21. The fourth-order valence-corrected chi connectivity index (χ4v) is 2.38. The lowest BCUT2D eigenvalue weighted by Gasteiger charge is -2.33. The minimum absolute atomic E-state index is 0.244. The Labute approximate surface area is 100.0 Å². The lowest BCUT2D eigenvalue weighted by Crippen LogP contribution is -2.42. The molecule has 1 aromatic carbocycles. The summed E-state index contributed by atoms with van der Waals surface area (Å²) in [6, 6.07) is 5.96. The number of piperidine rings is 1. The van der Waals surface area contributed by atoms with Crippen LogP contribution in [0.15, 0.2) is 18.2 Å². The summed E-state index contributed by atoms with van der Waals surface area (Å²) in [5, 5.41) is 1.24. The van der Waals surface area contributed by atoms with Crippen molar-refractivity contribution < 1.29 is 0 Å². The van der Waals surface area contributed by atoms with Gasteiger partial charge in [0.25, 0.3) is 0 Å². The molecule has 1 aromatic rings. The van der Waals surface area contributed by atoms with Crippen LogP contribution in [-0.2, 0) is 0 Å². The van der Waals surface area contributed by atoms with Gasteiger partial charge in [-0.25, -0.2) is 0 Å². The molecule has 1 aliphatic rings. The molecule has 0 aliphatic carbocycles. The van der Waals surface area contributed by atoms with Gasteiger partial charge >= 0.3 is 0 Å². The molecule has 2 N–H and O–H groups in total. The van der Waals surface area contributed by atoms with Crippen LogP contribution in [-0.4, -0.2) is 19.1 Å². The quantitative estimate of drug-likeness (QED) is 0.824. The van der Waals surface area contributed by atoms with Crippen molar-refractivity contribution in [2.75, 3.05) is 18.0 Å². The number of nitrogens with two attached hydrogens (primary N) is 1. The zero-order chi connectivity index (χ0) is 10.8. The van der Waals surface area contributed by atoms with Crippen LogP contribution in [0.1, 0.15) is 12.8 Å². The third-order valence-corrected chi connectivity index (χ3v) is 3.54. The van der Waals surface area contributed by atoms with Crippen LogP contribution in [0.2, 0.25) is 10.0 Å². The first-order valence-corrected chi connectivity index (χ1v) is 5.88. The van der Waals surface area contributed by atoms with Crippen LogP contribution < -0.4 is 10.6 Å². The van der Waals surface area contributed by atoms with Gasteiger partial charge in [0.2, 0.25) is 0 Å². The monoisotopic (exact) mass is 244 g/mol. The van der Waals surface area contributed by atoms with Crippen LogP contribution in [0.25, 0.3) is 0 Å². The van der Waals surface area contributed by atoms with E-state index in [-0.39, 0.29) is 6.04 Å².